The van der Waals surface area contributed by atoms with Crippen molar-refractivity contribution in [1.29, 1.82) is 5.26 Å². The van der Waals surface area contributed by atoms with Crippen LogP contribution in [0.4, 0.5) is 4.39 Å². The first-order valence-electron chi connectivity index (χ1n) is 7.09. The van der Waals surface area contributed by atoms with Gasteiger partial charge in [0.2, 0.25) is 0 Å². The molecule has 2 nitrogen and oxygen atoms in total. The maximum Gasteiger partial charge on any atom is 0.127 e. The lowest BCUT2D eigenvalue weighted by Gasteiger charge is -2.27. The van der Waals surface area contributed by atoms with Gasteiger partial charge < -0.3 is 4.74 Å². The maximum absolute atomic E-state index is 14.0. The lowest BCUT2D eigenvalue weighted by Crippen LogP contribution is -2.13. The third-order valence-electron chi connectivity index (χ3n) is 4.01. The topological polar surface area (TPSA) is 33.0 Å². The van der Waals surface area contributed by atoms with Gasteiger partial charge in [-0.1, -0.05) is 18.2 Å². The standard InChI is InChI=1S/C17H20FNO/c1-20-10-2-3-13-4-7-15(8-5-13)16-9-6-14(12-19)11-17(16)18/h2-3,6,9,11,13,15H,4-5,7-8,10H2,1H3. The zero-order valence-electron chi connectivity index (χ0n) is 11.8. The Labute approximate surface area is 119 Å². The van der Waals surface area contributed by atoms with Crippen molar-refractivity contribution in [3.63, 3.8) is 0 Å². The van der Waals surface area contributed by atoms with E-state index in [0.717, 1.165) is 31.2 Å². The number of ether oxygens (including phenoxy) is 1. The lowest BCUT2D eigenvalue weighted by molar-refractivity contribution is 0.233. The molecule has 1 aromatic rings. The minimum atomic E-state index is -0.234. The molecule has 0 spiro atoms. The number of nitriles is 1. The first kappa shape index (κ1) is 14.7. The van der Waals surface area contributed by atoms with Crippen molar-refractivity contribution in [2.75, 3.05) is 13.7 Å². The second-order valence-electron chi connectivity index (χ2n) is 5.34. The van der Waals surface area contributed by atoms with Gasteiger partial charge in [-0.05, 0) is 55.2 Å². The molecule has 0 heterocycles. The van der Waals surface area contributed by atoms with Gasteiger partial charge in [0.1, 0.15) is 5.82 Å². The quantitative estimate of drug-likeness (QED) is 0.771. The minimum absolute atomic E-state index is 0.234. The summed E-state index contributed by atoms with van der Waals surface area (Å²) < 4.78 is 19.0. The zero-order chi connectivity index (χ0) is 14.4. The predicted octanol–water partition coefficient (Wildman–Crippen LogP) is 4.17. The van der Waals surface area contributed by atoms with Crippen LogP contribution in [0.3, 0.4) is 0 Å². The molecule has 0 N–H and O–H groups in total. The van der Waals surface area contributed by atoms with Gasteiger partial charge in [-0.2, -0.15) is 5.26 Å². The van der Waals surface area contributed by atoms with E-state index in [4.69, 9.17) is 10.00 Å². The number of rotatable bonds is 4. The second kappa shape index (κ2) is 7.21. The summed E-state index contributed by atoms with van der Waals surface area (Å²) in [5, 5.41) is 8.77. The Bertz CT molecular complexity index is 510. The molecule has 1 aromatic carbocycles. The van der Waals surface area contributed by atoms with Gasteiger partial charge in [0.25, 0.3) is 0 Å². The molecule has 0 bridgehead atoms. The highest BCUT2D eigenvalue weighted by Gasteiger charge is 2.23. The molecule has 2 rings (SSSR count). The molecule has 0 amide bonds. The molecule has 3 heteroatoms. The first-order chi connectivity index (χ1) is 9.74. The fourth-order valence-corrected chi connectivity index (χ4v) is 2.89. The van der Waals surface area contributed by atoms with Crippen molar-refractivity contribution in [3.05, 3.63) is 47.3 Å². The van der Waals surface area contributed by atoms with Crippen LogP contribution in [-0.2, 0) is 4.74 Å². The van der Waals surface area contributed by atoms with E-state index in [-0.39, 0.29) is 11.7 Å². The van der Waals surface area contributed by atoms with Crippen LogP contribution < -0.4 is 0 Å². The molecule has 1 saturated carbocycles. The summed E-state index contributed by atoms with van der Waals surface area (Å²) in [5.41, 5.74) is 1.16. The number of methoxy groups -OCH3 is 1. The molecule has 0 aliphatic heterocycles. The van der Waals surface area contributed by atoms with Gasteiger partial charge in [0, 0.05) is 7.11 Å². The molecule has 0 unspecified atom stereocenters. The van der Waals surface area contributed by atoms with Gasteiger partial charge in [-0.15, -0.1) is 0 Å². The molecule has 0 atom stereocenters. The fourth-order valence-electron chi connectivity index (χ4n) is 2.89. The zero-order valence-corrected chi connectivity index (χ0v) is 11.8. The summed E-state index contributed by atoms with van der Waals surface area (Å²) in [6.45, 7) is 0.657. The van der Waals surface area contributed by atoms with Crippen LogP contribution in [0.5, 0.6) is 0 Å². The summed E-state index contributed by atoms with van der Waals surface area (Å²) in [5.74, 6) is 0.639. The second-order valence-corrected chi connectivity index (χ2v) is 5.34. The van der Waals surface area contributed by atoms with E-state index < -0.39 is 0 Å². The number of nitrogens with zero attached hydrogens (tertiary/aromatic N) is 1. The van der Waals surface area contributed by atoms with E-state index in [1.807, 2.05) is 6.07 Å². The molecule has 1 aliphatic rings. The Kier molecular flexibility index (Phi) is 5.31. The molecule has 106 valence electrons. The van der Waals surface area contributed by atoms with E-state index in [9.17, 15) is 4.39 Å². The number of benzene rings is 1. The van der Waals surface area contributed by atoms with Crippen molar-refractivity contribution in [2.45, 2.75) is 31.6 Å². The largest absolute Gasteiger partial charge is 0.381 e. The minimum Gasteiger partial charge on any atom is -0.381 e. The van der Waals surface area contributed by atoms with E-state index in [1.54, 1.807) is 19.2 Å². The average Bonchev–Trinajstić information content (AvgIpc) is 2.48. The van der Waals surface area contributed by atoms with Crippen molar-refractivity contribution >= 4 is 0 Å². The molecule has 0 radical (unpaired) electrons. The van der Waals surface area contributed by atoms with Crippen LogP contribution in [0.15, 0.2) is 30.4 Å². The molecule has 0 aromatic heterocycles. The third-order valence-corrected chi connectivity index (χ3v) is 4.01. The van der Waals surface area contributed by atoms with Gasteiger partial charge in [-0.25, -0.2) is 4.39 Å². The number of hydrogen-bond donors (Lipinski definition) is 0. The highest BCUT2D eigenvalue weighted by atomic mass is 19.1. The van der Waals surface area contributed by atoms with Crippen LogP contribution in [-0.4, -0.2) is 13.7 Å². The normalized spacial score (nSPS) is 22.9. The predicted molar refractivity (Wildman–Crippen MR) is 76.8 cm³/mol. The fraction of sp³-hybridized carbons (Fsp3) is 0.471. The number of allylic oxidation sites excluding steroid dienone is 1. The van der Waals surface area contributed by atoms with Crippen LogP contribution >= 0.6 is 0 Å². The molecular weight excluding hydrogens is 253 g/mol. The Morgan fingerprint density at radius 1 is 1.35 bits per heavy atom. The van der Waals surface area contributed by atoms with Gasteiger partial charge in [0.05, 0.1) is 18.2 Å². The van der Waals surface area contributed by atoms with Crippen LogP contribution in [0.25, 0.3) is 0 Å². The summed E-state index contributed by atoms with van der Waals surface area (Å²) in [4.78, 5) is 0. The van der Waals surface area contributed by atoms with Gasteiger partial charge >= 0.3 is 0 Å². The monoisotopic (exact) mass is 273 g/mol. The average molecular weight is 273 g/mol. The highest BCUT2D eigenvalue weighted by Crippen LogP contribution is 2.37. The van der Waals surface area contributed by atoms with E-state index in [2.05, 4.69) is 12.2 Å². The number of hydrogen-bond acceptors (Lipinski definition) is 2. The summed E-state index contributed by atoms with van der Waals surface area (Å²) in [6.07, 6.45) is 8.46. The number of halogens is 1. The smallest absolute Gasteiger partial charge is 0.127 e. The van der Waals surface area contributed by atoms with Crippen molar-refractivity contribution in [1.82, 2.24) is 0 Å². The molecule has 20 heavy (non-hydrogen) atoms. The van der Waals surface area contributed by atoms with Crippen molar-refractivity contribution < 1.29 is 9.13 Å². The van der Waals surface area contributed by atoms with E-state index in [1.165, 1.54) is 6.07 Å². The lowest BCUT2D eigenvalue weighted by atomic mass is 9.78. The Morgan fingerprint density at radius 3 is 2.70 bits per heavy atom. The van der Waals surface area contributed by atoms with Crippen molar-refractivity contribution in [3.8, 4) is 6.07 Å². The van der Waals surface area contributed by atoms with Gasteiger partial charge in [0.15, 0.2) is 0 Å². The highest BCUT2D eigenvalue weighted by molar-refractivity contribution is 5.34. The third kappa shape index (κ3) is 3.68. The molecule has 0 saturated heterocycles. The molecular formula is C17H20FNO. The van der Waals surface area contributed by atoms with E-state index in [0.29, 0.717) is 18.1 Å². The molecule has 1 fully saturated rings. The van der Waals surface area contributed by atoms with Crippen LogP contribution in [0, 0.1) is 23.1 Å². The van der Waals surface area contributed by atoms with Crippen molar-refractivity contribution in [2.24, 2.45) is 5.92 Å². The maximum atomic E-state index is 14.0. The van der Waals surface area contributed by atoms with E-state index >= 15 is 0 Å². The Balaban J connectivity index is 1.95. The SMILES string of the molecule is COCC=CC1CCC(c2ccc(C#N)cc2F)CC1. The Morgan fingerprint density at radius 2 is 2.10 bits per heavy atom. The van der Waals surface area contributed by atoms with Crippen LogP contribution in [0.2, 0.25) is 0 Å². The summed E-state index contributed by atoms with van der Waals surface area (Å²) in [6, 6.07) is 6.81. The van der Waals surface area contributed by atoms with Gasteiger partial charge in [-0.3, -0.25) is 0 Å². The summed E-state index contributed by atoms with van der Waals surface area (Å²) >= 11 is 0. The summed E-state index contributed by atoms with van der Waals surface area (Å²) in [7, 11) is 1.69. The molecule has 1 aliphatic carbocycles. The first-order valence-corrected chi connectivity index (χ1v) is 7.09. The Hall–Kier alpha value is -1.66. The van der Waals surface area contributed by atoms with Crippen LogP contribution in [0.1, 0.15) is 42.7 Å².